The third-order valence-corrected chi connectivity index (χ3v) is 2.24. The Hall–Kier alpha value is -0.280. The molecule has 1 rings (SSSR count). The molecule has 1 fully saturated rings. The Balaban J connectivity index is 2.19. The van der Waals surface area contributed by atoms with Crippen LogP contribution in [0.4, 0.5) is 0 Å². The third kappa shape index (κ3) is 2.64. The van der Waals surface area contributed by atoms with E-state index in [-0.39, 0.29) is 11.3 Å². The highest BCUT2D eigenvalue weighted by atomic mass is 35.5. The Kier molecular flexibility index (Phi) is 3.82. The molecule has 0 aromatic heterocycles. The first-order valence-corrected chi connectivity index (χ1v) is 4.58. The van der Waals surface area contributed by atoms with Crippen molar-refractivity contribution in [3.63, 3.8) is 0 Å². The number of methoxy groups -OCH3 is 1. The van der Waals surface area contributed by atoms with Crippen LogP contribution in [0.25, 0.3) is 0 Å². The zero-order valence-corrected chi connectivity index (χ0v) is 8.01. The topological polar surface area (TPSA) is 29.5 Å². The predicted molar refractivity (Wildman–Crippen MR) is 47.3 cm³/mol. The molecule has 0 spiro atoms. The molecule has 0 saturated carbocycles. The zero-order chi connectivity index (χ0) is 8.97. The fourth-order valence-electron chi connectivity index (χ4n) is 1.34. The summed E-state index contributed by atoms with van der Waals surface area (Å²) in [6.07, 6.45) is 1.39. The highest BCUT2D eigenvalue weighted by Crippen LogP contribution is 2.15. The van der Waals surface area contributed by atoms with Gasteiger partial charge in [0.25, 0.3) is 0 Å². The van der Waals surface area contributed by atoms with Crippen LogP contribution in [0.2, 0.25) is 0 Å². The van der Waals surface area contributed by atoms with Gasteiger partial charge in [-0.15, -0.1) is 11.6 Å². The van der Waals surface area contributed by atoms with E-state index in [1.165, 1.54) is 0 Å². The van der Waals surface area contributed by atoms with Gasteiger partial charge in [-0.1, -0.05) is 0 Å². The Labute approximate surface area is 77.6 Å². The van der Waals surface area contributed by atoms with Crippen molar-refractivity contribution in [3.05, 3.63) is 0 Å². The minimum atomic E-state index is 0.0139. The van der Waals surface area contributed by atoms with Gasteiger partial charge in [-0.25, -0.2) is 0 Å². The molecule has 0 aromatic rings. The molecule has 0 aromatic carbocycles. The number of carbonyl (C=O) groups is 1. The van der Waals surface area contributed by atoms with Crippen molar-refractivity contribution in [3.8, 4) is 0 Å². The Morgan fingerprint density at radius 1 is 1.75 bits per heavy atom. The summed E-state index contributed by atoms with van der Waals surface area (Å²) in [7, 11) is 1.66. The van der Waals surface area contributed by atoms with Crippen LogP contribution < -0.4 is 0 Å². The van der Waals surface area contributed by atoms with E-state index in [1.54, 1.807) is 12.0 Å². The van der Waals surface area contributed by atoms with E-state index in [4.69, 9.17) is 16.3 Å². The van der Waals surface area contributed by atoms with Gasteiger partial charge in [0.2, 0.25) is 5.91 Å². The molecule has 1 atom stereocenters. The summed E-state index contributed by atoms with van der Waals surface area (Å²) in [5.41, 5.74) is 0. The van der Waals surface area contributed by atoms with Gasteiger partial charge < -0.3 is 9.64 Å². The molecular formula is C8H14ClNO2. The number of alkyl halides is 1. The molecular weight excluding hydrogens is 178 g/mol. The fraction of sp³-hybridized carbons (Fsp3) is 0.875. The summed E-state index contributed by atoms with van der Waals surface area (Å²) in [6.45, 7) is 2.18. The van der Waals surface area contributed by atoms with Gasteiger partial charge in [0, 0.05) is 33.2 Å². The van der Waals surface area contributed by atoms with E-state index >= 15 is 0 Å². The fourth-order valence-corrected chi connectivity index (χ4v) is 1.64. The molecule has 0 bridgehead atoms. The van der Waals surface area contributed by atoms with Gasteiger partial charge in [0.1, 0.15) is 0 Å². The molecule has 1 aliphatic heterocycles. The van der Waals surface area contributed by atoms with Crippen molar-refractivity contribution in [2.45, 2.75) is 18.2 Å². The van der Waals surface area contributed by atoms with Gasteiger partial charge >= 0.3 is 0 Å². The van der Waals surface area contributed by atoms with Crippen molar-refractivity contribution in [2.24, 2.45) is 0 Å². The van der Waals surface area contributed by atoms with Crippen LogP contribution in [0, 0.1) is 0 Å². The number of likely N-dealkylation sites (tertiary alicyclic amines) is 1. The second-order valence-corrected chi connectivity index (χ2v) is 3.60. The Morgan fingerprint density at radius 3 is 3.00 bits per heavy atom. The van der Waals surface area contributed by atoms with Crippen LogP contribution in [0.5, 0.6) is 0 Å². The van der Waals surface area contributed by atoms with E-state index in [2.05, 4.69) is 0 Å². The number of rotatable bonds is 4. The number of nitrogens with zero attached hydrogens (tertiary/aromatic N) is 1. The second kappa shape index (κ2) is 4.67. The number of hydrogen-bond acceptors (Lipinski definition) is 2. The number of amides is 1. The average Bonchev–Trinajstić information content (AvgIpc) is 2.31. The zero-order valence-electron chi connectivity index (χ0n) is 7.25. The van der Waals surface area contributed by atoms with E-state index in [0.29, 0.717) is 19.6 Å². The van der Waals surface area contributed by atoms with Crippen molar-refractivity contribution in [1.29, 1.82) is 0 Å². The molecule has 0 aliphatic carbocycles. The summed E-state index contributed by atoms with van der Waals surface area (Å²) in [5.74, 6) is 0.172. The first-order valence-electron chi connectivity index (χ1n) is 4.15. The third-order valence-electron chi connectivity index (χ3n) is 1.94. The minimum absolute atomic E-state index is 0.0139. The summed E-state index contributed by atoms with van der Waals surface area (Å²) >= 11 is 5.82. The highest BCUT2D eigenvalue weighted by molar-refractivity contribution is 6.22. The Bertz CT molecular complexity index is 163. The maximum Gasteiger partial charge on any atom is 0.224 e. The molecule has 1 unspecified atom stereocenters. The van der Waals surface area contributed by atoms with Crippen LogP contribution in [-0.4, -0.2) is 43.0 Å². The summed E-state index contributed by atoms with van der Waals surface area (Å²) < 4.78 is 4.89. The lowest BCUT2D eigenvalue weighted by Gasteiger charge is -2.14. The van der Waals surface area contributed by atoms with Crippen molar-refractivity contribution >= 4 is 17.5 Å². The van der Waals surface area contributed by atoms with E-state index in [0.717, 1.165) is 13.0 Å². The van der Waals surface area contributed by atoms with Crippen molar-refractivity contribution < 1.29 is 9.53 Å². The number of ether oxygens (including phenoxy) is 1. The maximum absolute atomic E-state index is 11.2. The van der Waals surface area contributed by atoms with E-state index in [9.17, 15) is 4.79 Å². The molecule has 3 nitrogen and oxygen atoms in total. The van der Waals surface area contributed by atoms with Crippen LogP contribution in [0.3, 0.4) is 0 Å². The number of carbonyl (C=O) groups excluding carboxylic acids is 1. The largest absolute Gasteiger partial charge is 0.385 e. The second-order valence-electron chi connectivity index (χ2n) is 2.99. The first-order chi connectivity index (χ1) is 5.74. The minimum Gasteiger partial charge on any atom is -0.385 e. The van der Waals surface area contributed by atoms with Crippen LogP contribution in [0.1, 0.15) is 12.8 Å². The lowest BCUT2D eigenvalue weighted by Crippen LogP contribution is -2.27. The predicted octanol–water partition coefficient (Wildman–Crippen LogP) is 0.863. The molecule has 1 heterocycles. The van der Waals surface area contributed by atoms with Gasteiger partial charge in [0.05, 0.1) is 5.38 Å². The lowest BCUT2D eigenvalue weighted by atomic mass is 10.4. The normalized spacial score (nSPS) is 23.7. The quantitative estimate of drug-likeness (QED) is 0.488. The Morgan fingerprint density at radius 2 is 2.50 bits per heavy atom. The van der Waals surface area contributed by atoms with Gasteiger partial charge in [0.15, 0.2) is 0 Å². The average molecular weight is 192 g/mol. The summed E-state index contributed by atoms with van der Waals surface area (Å²) in [5, 5.41) is 0.0139. The molecule has 0 N–H and O–H groups in total. The molecule has 1 amide bonds. The molecule has 12 heavy (non-hydrogen) atoms. The molecule has 4 heteroatoms. The monoisotopic (exact) mass is 191 g/mol. The van der Waals surface area contributed by atoms with E-state index < -0.39 is 0 Å². The van der Waals surface area contributed by atoms with Crippen molar-refractivity contribution in [1.82, 2.24) is 4.90 Å². The summed E-state index contributed by atoms with van der Waals surface area (Å²) in [6, 6.07) is 0. The van der Waals surface area contributed by atoms with Crippen LogP contribution >= 0.6 is 11.6 Å². The molecule has 1 aliphatic rings. The van der Waals surface area contributed by atoms with Gasteiger partial charge in [-0.3, -0.25) is 4.79 Å². The summed E-state index contributed by atoms with van der Waals surface area (Å²) in [4.78, 5) is 13.0. The standard InChI is InChI=1S/C8H14ClNO2/c1-12-4-2-3-10-6-7(9)5-8(10)11/h7H,2-6H2,1H3. The highest BCUT2D eigenvalue weighted by Gasteiger charge is 2.26. The SMILES string of the molecule is COCCCN1CC(Cl)CC1=O. The van der Waals surface area contributed by atoms with Gasteiger partial charge in [-0.05, 0) is 6.42 Å². The van der Waals surface area contributed by atoms with Crippen molar-refractivity contribution in [2.75, 3.05) is 26.8 Å². The first kappa shape index (κ1) is 9.81. The number of halogens is 1. The van der Waals surface area contributed by atoms with E-state index in [1.807, 2.05) is 0 Å². The lowest BCUT2D eigenvalue weighted by molar-refractivity contribution is -0.127. The van der Waals surface area contributed by atoms with Crippen LogP contribution in [-0.2, 0) is 9.53 Å². The van der Waals surface area contributed by atoms with Crippen LogP contribution in [0.15, 0.2) is 0 Å². The smallest absolute Gasteiger partial charge is 0.224 e. The molecule has 1 saturated heterocycles. The maximum atomic E-state index is 11.2. The number of hydrogen-bond donors (Lipinski definition) is 0. The molecule has 70 valence electrons. The molecule has 0 radical (unpaired) electrons. The van der Waals surface area contributed by atoms with Gasteiger partial charge in [-0.2, -0.15) is 0 Å².